The van der Waals surface area contributed by atoms with Crippen molar-refractivity contribution in [1.82, 2.24) is 4.90 Å². The molecule has 1 aliphatic rings. The van der Waals surface area contributed by atoms with Gasteiger partial charge in [0.1, 0.15) is 24.7 Å². The molecule has 0 radical (unpaired) electrons. The first-order valence-electron chi connectivity index (χ1n) is 8.61. The van der Waals surface area contributed by atoms with Crippen LogP contribution in [0.5, 0.6) is 11.5 Å². The second-order valence-corrected chi connectivity index (χ2v) is 7.52. The summed E-state index contributed by atoms with van der Waals surface area (Å²) in [5.41, 5.74) is 1.74. The molecule has 3 rings (SSSR count). The predicted octanol–water partition coefficient (Wildman–Crippen LogP) is 3.58. The first kappa shape index (κ1) is 18.7. The molecular weight excluding hydrogens is 396 g/mol. The van der Waals surface area contributed by atoms with Crippen LogP contribution in [0, 0.1) is 5.92 Å². The van der Waals surface area contributed by atoms with Crippen molar-refractivity contribution in [3.05, 3.63) is 52.5 Å². The van der Waals surface area contributed by atoms with Crippen molar-refractivity contribution in [2.75, 3.05) is 39.2 Å². The Hall–Kier alpha value is -2.05. The van der Waals surface area contributed by atoms with E-state index in [9.17, 15) is 4.79 Å². The molecular formula is C20H23BrN2O3. The molecule has 1 aliphatic heterocycles. The van der Waals surface area contributed by atoms with Crippen LogP contribution in [0.1, 0.15) is 5.56 Å². The molecule has 2 aromatic carbocycles. The highest BCUT2D eigenvalue weighted by Gasteiger charge is 2.26. The number of carbonyl (C=O) groups is 1. The summed E-state index contributed by atoms with van der Waals surface area (Å²) < 4.78 is 12.5. The van der Waals surface area contributed by atoms with Crippen LogP contribution in [0.4, 0.5) is 5.69 Å². The van der Waals surface area contributed by atoms with Gasteiger partial charge in [-0.05, 0) is 50.3 Å². The molecule has 1 atom stereocenters. The maximum Gasteiger partial charge on any atom is 0.231 e. The number of nitrogens with zero attached hydrogens (tertiary/aromatic N) is 1. The van der Waals surface area contributed by atoms with Crippen LogP contribution in [0.2, 0.25) is 0 Å². The third-order valence-corrected chi connectivity index (χ3v) is 4.74. The second-order valence-electron chi connectivity index (χ2n) is 6.60. The van der Waals surface area contributed by atoms with Crippen LogP contribution in [0.15, 0.2) is 46.9 Å². The number of benzene rings is 2. The number of hydrogen-bond acceptors (Lipinski definition) is 4. The minimum atomic E-state index is -0.219. The van der Waals surface area contributed by atoms with Crippen molar-refractivity contribution in [3.8, 4) is 11.5 Å². The lowest BCUT2D eigenvalue weighted by Gasteiger charge is -2.25. The van der Waals surface area contributed by atoms with E-state index in [-0.39, 0.29) is 11.8 Å². The van der Waals surface area contributed by atoms with Crippen LogP contribution in [0.3, 0.4) is 0 Å². The van der Waals surface area contributed by atoms with Gasteiger partial charge in [0.05, 0.1) is 11.6 Å². The van der Waals surface area contributed by atoms with E-state index in [1.54, 1.807) is 0 Å². The number of hydrogen-bond donors (Lipinski definition) is 1. The predicted molar refractivity (Wildman–Crippen MR) is 106 cm³/mol. The largest absolute Gasteiger partial charge is 0.492 e. The fraction of sp³-hybridized carbons (Fsp3) is 0.350. The summed E-state index contributed by atoms with van der Waals surface area (Å²) in [5.74, 6) is 1.25. The first-order valence-corrected chi connectivity index (χ1v) is 9.41. The fourth-order valence-electron chi connectivity index (χ4n) is 2.79. The van der Waals surface area contributed by atoms with Crippen molar-refractivity contribution in [3.63, 3.8) is 0 Å². The number of amides is 1. The summed E-state index contributed by atoms with van der Waals surface area (Å²) in [6.45, 7) is 1.73. The molecule has 138 valence electrons. The fourth-order valence-corrected chi connectivity index (χ4v) is 3.13. The maximum atomic E-state index is 12.7. The zero-order chi connectivity index (χ0) is 18.5. The molecule has 0 fully saturated rings. The standard InChI is InChI=1S/C20H23BrN2O3/c1-23(2)9-10-25-19-12-16(21)7-8-17(19)22-20(24)15-11-14-5-3-4-6-18(14)26-13-15/h3-8,12,15H,9-11,13H2,1-2H3,(H,22,24). The van der Waals surface area contributed by atoms with E-state index in [4.69, 9.17) is 9.47 Å². The molecule has 1 unspecified atom stereocenters. The van der Waals surface area contributed by atoms with Gasteiger partial charge >= 0.3 is 0 Å². The average molecular weight is 419 g/mol. The van der Waals surface area contributed by atoms with Gasteiger partial charge in [0.15, 0.2) is 0 Å². The molecule has 5 nitrogen and oxygen atoms in total. The summed E-state index contributed by atoms with van der Waals surface area (Å²) in [7, 11) is 3.99. The van der Waals surface area contributed by atoms with Crippen LogP contribution in [-0.4, -0.2) is 44.7 Å². The SMILES string of the molecule is CN(C)CCOc1cc(Br)ccc1NC(=O)C1COc2ccccc2C1. The smallest absolute Gasteiger partial charge is 0.231 e. The van der Waals surface area contributed by atoms with E-state index in [0.29, 0.717) is 31.1 Å². The number of carbonyl (C=O) groups excluding carboxylic acids is 1. The summed E-state index contributed by atoms with van der Waals surface area (Å²) in [5, 5.41) is 3.00. The van der Waals surface area contributed by atoms with Gasteiger partial charge < -0.3 is 19.7 Å². The van der Waals surface area contributed by atoms with Gasteiger partial charge in [0.2, 0.25) is 5.91 Å². The lowest BCUT2D eigenvalue weighted by atomic mass is 9.96. The number of halogens is 1. The van der Waals surface area contributed by atoms with Crippen molar-refractivity contribution in [2.45, 2.75) is 6.42 Å². The molecule has 0 aliphatic carbocycles. The summed E-state index contributed by atoms with van der Waals surface area (Å²) in [4.78, 5) is 14.8. The minimum Gasteiger partial charge on any atom is -0.492 e. The van der Waals surface area contributed by atoms with E-state index in [1.807, 2.05) is 61.5 Å². The zero-order valence-corrected chi connectivity index (χ0v) is 16.6. The third kappa shape index (κ3) is 4.77. The summed E-state index contributed by atoms with van der Waals surface area (Å²) >= 11 is 3.45. The Morgan fingerprint density at radius 2 is 2.12 bits per heavy atom. The quantitative estimate of drug-likeness (QED) is 0.778. The molecule has 0 spiro atoms. The Kier molecular flexibility index (Phi) is 6.16. The van der Waals surface area contributed by atoms with E-state index in [1.165, 1.54) is 0 Å². The number of anilines is 1. The molecule has 6 heteroatoms. The van der Waals surface area contributed by atoms with E-state index >= 15 is 0 Å². The Bertz CT molecular complexity index is 779. The van der Waals surface area contributed by atoms with Crippen molar-refractivity contribution >= 4 is 27.5 Å². The molecule has 1 amide bonds. The molecule has 0 bridgehead atoms. The van der Waals surface area contributed by atoms with E-state index in [2.05, 4.69) is 21.2 Å². The topological polar surface area (TPSA) is 50.8 Å². The average Bonchev–Trinajstić information content (AvgIpc) is 2.63. The highest BCUT2D eigenvalue weighted by molar-refractivity contribution is 9.10. The molecule has 26 heavy (non-hydrogen) atoms. The number of rotatable bonds is 6. The van der Waals surface area contributed by atoms with Crippen molar-refractivity contribution < 1.29 is 14.3 Å². The number of para-hydroxylation sites is 1. The zero-order valence-electron chi connectivity index (χ0n) is 15.0. The van der Waals surface area contributed by atoms with Gasteiger partial charge in [-0.15, -0.1) is 0 Å². The molecule has 0 saturated carbocycles. The van der Waals surface area contributed by atoms with Gasteiger partial charge in [-0.2, -0.15) is 0 Å². The van der Waals surface area contributed by atoms with Crippen LogP contribution in [-0.2, 0) is 11.2 Å². The van der Waals surface area contributed by atoms with Gasteiger partial charge in [-0.25, -0.2) is 0 Å². The van der Waals surface area contributed by atoms with Gasteiger partial charge in [-0.1, -0.05) is 34.1 Å². The number of ether oxygens (including phenoxy) is 2. The number of likely N-dealkylation sites (N-methyl/N-ethyl adjacent to an activating group) is 1. The lowest BCUT2D eigenvalue weighted by molar-refractivity contribution is -0.121. The van der Waals surface area contributed by atoms with Crippen LogP contribution < -0.4 is 14.8 Å². The lowest BCUT2D eigenvalue weighted by Crippen LogP contribution is -2.32. The highest BCUT2D eigenvalue weighted by atomic mass is 79.9. The van der Waals surface area contributed by atoms with Crippen molar-refractivity contribution in [1.29, 1.82) is 0 Å². The highest BCUT2D eigenvalue weighted by Crippen LogP contribution is 2.31. The second kappa shape index (κ2) is 8.56. The van der Waals surface area contributed by atoms with E-state index < -0.39 is 0 Å². The molecule has 2 aromatic rings. The van der Waals surface area contributed by atoms with Crippen LogP contribution in [0.25, 0.3) is 0 Å². The van der Waals surface area contributed by atoms with E-state index in [0.717, 1.165) is 22.3 Å². The van der Waals surface area contributed by atoms with Crippen LogP contribution >= 0.6 is 15.9 Å². The minimum absolute atomic E-state index is 0.0562. The normalized spacial score (nSPS) is 15.9. The summed E-state index contributed by atoms with van der Waals surface area (Å²) in [6, 6.07) is 13.5. The van der Waals surface area contributed by atoms with Gasteiger partial charge in [0.25, 0.3) is 0 Å². The number of nitrogens with one attached hydrogen (secondary N) is 1. The Morgan fingerprint density at radius 3 is 2.92 bits per heavy atom. The van der Waals surface area contributed by atoms with Gasteiger partial charge in [-0.3, -0.25) is 4.79 Å². The first-order chi connectivity index (χ1) is 12.5. The monoisotopic (exact) mass is 418 g/mol. The third-order valence-electron chi connectivity index (χ3n) is 4.25. The number of fused-ring (bicyclic) bond motifs is 1. The Labute approximate surface area is 162 Å². The molecule has 1 N–H and O–H groups in total. The maximum absolute atomic E-state index is 12.7. The Morgan fingerprint density at radius 1 is 1.31 bits per heavy atom. The molecule has 0 aromatic heterocycles. The van der Waals surface area contributed by atoms with Gasteiger partial charge in [0, 0.05) is 11.0 Å². The molecule has 0 saturated heterocycles. The Balaban J connectivity index is 1.67. The summed E-state index contributed by atoms with van der Waals surface area (Å²) in [6.07, 6.45) is 0.676. The molecule has 1 heterocycles. The van der Waals surface area contributed by atoms with Crippen molar-refractivity contribution in [2.24, 2.45) is 5.92 Å².